The fourth-order valence-electron chi connectivity index (χ4n) is 0.567. The highest BCUT2D eigenvalue weighted by Crippen LogP contribution is 2.48. The lowest BCUT2D eigenvalue weighted by molar-refractivity contribution is -0.189. The molecule has 0 bridgehead atoms. The highest BCUT2D eigenvalue weighted by molar-refractivity contribution is 8.11. The lowest BCUT2D eigenvalue weighted by Gasteiger charge is -2.15. The van der Waals surface area contributed by atoms with Crippen molar-refractivity contribution in [3.05, 3.63) is 0 Å². The molecule has 0 saturated carbocycles. The topological polar surface area (TPSA) is 467 Å². The van der Waals surface area contributed by atoms with Gasteiger partial charge in [-0.1, -0.05) is 12.2 Å². The van der Waals surface area contributed by atoms with Crippen LogP contribution in [0.3, 0.4) is 0 Å². The predicted molar refractivity (Wildman–Crippen MR) is 201 cm³/mol. The summed E-state index contributed by atoms with van der Waals surface area (Å²) in [5.74, 6) is -10.8. The van der Waals surface area contributed by atoms with Crippen LogP contribution < -0.4 is 0 Å². The molecule has 36 heteroatoms. The Morgan fingerprint density at radius 1 is 0.650 bits per heavy atom. The molecule has 14 N–H and O–H groups in total. The van der Waals surface area contributed by atoms with Crippen LogP contribution >= 0.6 is 47.6 Å². The van der Waals surface area contributed by atoms with Crippen molar-refractivity contribution < 1.29 is 133 Å². The molecule has 0 amide bonds. The second kappa shape index (κ2) is 36.5. The van der Waals surface area contributed by atoms with Crippen LogP contribution in [-0.2, 0) is 37.7 Å². The summed E-state index contributed by atoms with van der Waals surface area (Å²) in [5, 5.41) is 54.9. The molecule has 4 atom stereocenters. The van der Waals surface area contributed by atoms with Gasteiger partial charge in [-0.15, -0.1) is 12.6 Å². The van der Waals surface area contributed by atoms with E-state index >= 15 is 0 Å². The zero-order valence-electron chi connectivity index (χ0n) is 32.3. The van der Waals surface area contributed by atoms with E-state index in [-0.39, 0.29) is 0 Å². The van der Waals surface area contributed by atoms with E-state index < -0.39 is 103 Å². The number of carbonyl (C=O) groups is 5. The van der Waals surface area contributed by atoms with Crippen molar-refractivity contribution in [3.8, 4) is 12.1 Å². The molecule has 0 radical (unpaired) electrons. The number of nitrogens with zero attached hydrogens (tertiary/aromatic N) is 2. The van der Waals surface area contributed by atoms with E-state index in [1.165, 1.54) is 19.9 Å². The summed E-state index contributed by atoms with van der Waals surface area (Å²) in [5.41, 5.74) is -3.75. The SMILES string of the molecule is CC(=O)O.CC(=S)S.CC(C#N)C(=O)O.CC(C#N)P(=O)(O)O.CC(C(=O)O)C(=O)O.CC(C(=O)O)C(F)(F)F.CC(C(F)(F)F)P(=O)(O)O.CP(=O)(O)O.C[Si](O)(O)O. The predicted octanol–water partition coefficient (Wildman–Crippen LogP) is 2.16. The summed E-state index contributed by atoms with van der Waals surface area (Å²) in [4.78, 5) is 119. The van der Waals surface area contributed by atoms with Crippen molar-refractivity contribution in [2.24, 2.45) is 17.8 Å². The molecular weight excluding hydrogens is 967 g/mol. The van der Waals surface area contributed by atoms with Gasteiger partial charge in [0.1, 0.15) is 17.5 Å². The van der Waals surface area contributed by atoms with Crippen molar-refractivity contribution >= 4 is 90.5 Å². The molecule has 0 rings (SSSR count). The van der Waals surface area contributed by atoms with Gasteiger partial charge in [0.15, 0.2) is 11.6 Å². The van der Waals surface area contributed by atoms with Crippen molar-refractivity contribution in [1.82, 2.24) is 0 Å². The molecule has 0 saturated heterocycles. The Morgan fingerprint density at radius 3 is 0.883 bits per heavy atom. The van der Waals surface area contributed by atoms with Gasteiger partial charge in [-0.25, -0.2) is 0 Å². The van der Waals surface area contributed by atoms with Crippen LogP contribution in [0.5, 0.6) is 0 Å². The molecule has 60 heavy (non-hydrogen) atoms. The lowest BCUT2D eigenvalue weighted by atomic mass is 10.2. The average molecular weight is 1010 g/mol. The van der Waals surface area contributed by atoms with Gasteiger partial charge >= 0.3 is 67.8 Å². The lowest BCUT2D eigenvalue weighted by Crippen LogP contribution is -2.28. The van der Waals surface area contributed by atoms with E-state index in [0.29, 0.717) is 18.0 Å². The normalized spacial score (nSPS) is 12.5. The third-order valence-electron chi connectivity index (χ3n) is 3.84. The van der Waals surface area contributed by atoms with Gasteiger partial charge in [-0.2, -0.15) is 36.9 Å². The number of hydrogen-bond acceptors (Lipinski definition) is 14. The fourth-order valence-corrected chi connectivity index (χ4v) is 1.10. The maximum atomic E-state index is 11.5. The molecule has 0 aromatic carbocycles. The van der Waals surface area contributed by atoms with Crippen molar-refractivity contribution in [3.63, 3.8) is 0 Å². The smallest absolute Gasteiger partial charge is 0.481 e. The molecule has 358 valence electrons. The fraction of sp³-hybridized carbons (Fsp3) is 0.667. The summed E-state index contributed by atoms with van der Waals surface area (Å²) >= 11 is 8.10. The third kappa shape index (κ3) is 95.3. The van der Waals surface area contributed by atoms with E-state index in [1.807, 2.05) is 0 Å². The number of halogens is 6. The summed E-state index contributed by atoms with van der Waals surface area (Å²) in [6, 6.07) is 3.01. The van der Waals surface area contributed by atoms with Crippen molar-refractivity contribution in [2.75, 3.05) is 6.66 Å². The Bertz CT molecular complexity index is 1470. The summed E-state index contributed by atoms with van der Waals surface area (Å²) < 4.78 is 98.3. The first-order chi connectivity index (χ1) is 25.7. The van der Waals surface area contributed by atoms with Gasteiger partial charge in [-0.3, -0.25) is 37.7 Å². The summed E-state index contributed by atoms with van der Waals surface area (Å²) in [6.45, 7) is 9.37. The standard InChI is InChI=1S/C4H5F3O2.C4H5NO2.C4H6O4.C3H6F3O3P.C3H6NO3P.C2H4O2.C2H4S2.CH5O3P.CH6O3Si/c1-2(3(8)9)4(5,6)7;1-3(2-5)4(6)7;1-2(3(5)6)4(7)8;1-2(3(4,5)6)10(7,8)9;1-3(2-4)8(5,6)7;2*1-2(3)4;2*1-5(2,3)4/h2H,1H3,(H,8,9);3H,1H3,(H,6,7);2H,1H3,(H,5,6)(H,7,8);2H,1H3,(H2,7,8,9);3H,1H3,(H2,5,6,7);2*1H3,(H,3,4);1H3,(H2,2,3,4);2-4H,1H3. The van der Waals surface area contributed by atoms with Crippen molar-refractivity contribution in [2.45, 2.75) is 78.7 Å². The van der Waals surface area contributed by atoms with Crippen LogP contribution in [0.15, 0.2) is 0 Å². The molecule has 0 fully saturated rings. The summed E-state index contributed by atoms with van der Waals surface area (Å²) in [7, 11) is -16.4. The monoisotopic (exact) mass is 1010 g/mol. The molecule has 0 heterocycles. The van der Waals surface area contributed by atoms with E-state index in [0.717, 1.165) is 27.1 Å². The van der Waals surface area contributed by atoms with E-state index in [1.54, 1.807) is 13.0 Å². The number of alkyl halides is 6. The minimum atomic E-state index is -5.00. The number of rotatable bonds is 6. The highest BCUT2D eigenvalue weighted by atomic mass is 32.1. The van der Waals surface area contributed by atoms with Crippen LogP contribution in [0.2, 0.25) is 6.55 Å². The van der Waals surface area contributed by atoms with Crippen LogP contribution in [0.25, 0.3) is 0 Å². The average Bonchev–Trinajstić information content (AvgIpc) is 2.96. The molecule has 4 unspecified atom stereocenters. The molecule has 0 aromatic rings. The zero-order chi connectivity index (χ0) is 51.8. The minimum absolute atomic E-state index is 0.445. The first-order valence-electron chi connectivity index (χ1n) is 14.2. The van der Waals surface area contributed by atoms with Gasteiger partial charge in [0.05, 0.1) is 12.1 Å². The Morgan fingerprint density at radius 2 is 0.883 bits per heavy atom. The number of thiol groups is 1. The number of carboxylic acids is 5. The number of carboxylic acid groups (broad SMARTS) is 5. The third-order valence-corrected chi connectivity index (χ3v) is 6.26. The van der Waals surface area contributed by atoms with Crippen LogP contribution in [0, 0.1) is 40.4 Å². The van der Waals surface area contributed by atoms with E-state index in [4.69, 9.17) is 84.6 Å². The Labute approximate surface area is 349 Å². The van der Waals surface area contributed by atoms with Crippen molar-refractivity contribution in [1.29, 1.82) is 10.5 Å². The Hall–Kier alpha value is -3.10. The van der Waals surface area contributed by atoms with Crippen LogP contribution in [0.4, 0.5) is 26.3 Å². The van der Waals surface area contributed by atoms with Crippen LogP contribution in [-0.4, -0.2) is 142 Å². The maximum Gasteiger partial charge on any atom is 0.489 e. The molecule has 0 aliphatic heterocycles. The second-order valence-corrected chi connectivity index (χ2v) is 19.3. The largest absolute Gasteiger partial charge is 0.489 e. The first kappa shape index (κ1) is 77.5. The Kier molecular flexibility index (Phi) is 47.2. The summed E-state index contributed by atoms with van der Waals surface area (Å²) in [6.07, 6.45) is -9.44. The second-order valence-electron chi connectivity index (χ2n) is 10.2. The van der Waals surface area contributed by atoms with Gasteiger partial charge in [0, 0.05) is 24.3 Å². The minimum Gasteiger partial charge on any atom is -0.481 e. The van der Waals surface area contributed by atoms with Gasteiger partial charge in [0.2, 0.25) is 0 Å². The van der Waals surface area contributed by atoms with Gasteiger partial charge in [-0.05, 0) is 41.5 Å². The zero-order valence-corrected chi connectivity index (χ0v) is 37.7. The number of nitriles is 2. The highest BCUT2D eigenvalue weighted by Gasteiger charge is 2.47. The molecule has 0 aliphatic carbocycles. The van der Waals surface area contributed by atoms with Gasteiger partial charge < -0.3 is 69.3 Å². The molecule has 0 spiro atoms. The molecule has 0 aliphatic rings. The number of aliphatic carboxylic acids is 5. The quantitative estimate of drug-likeness (QED) is 0.0452. The van der Waals surface area contributed by atoms with E-state index in [2.05, 4.69) is 24.8 Å². The molecule has 24 nitrogen and oxygen atoms in total. The maximum absolute atomic E-state index is 11.5. The first-order valence-corrected chi connectivity index (χ1v) is 22.8. The van der Waals surface area contributed by atoms with Crippen LogP contribution in [0.1, 0.15) is 48.5 Å². The number of thiocarbonyl (C=S) groups is 1. The molecule has 0 aromatic heterocycles. The Balaban J connectivity index is -0.0000000708. The van der Waals surface area contributed by atoms with E-state index in [9.17, 15) is 59.2 Å². The van der Waals surface area contributed by atoms with Gasteiger partial charge in [0.25, 0.3) is 5.97 Å². The number of hydrogen-bond donors (Lipinski definition) is 15. The molecular formula is C24H47F6N2O22P3S2Si.